The van der Waals surface area contributed by atoms with E-state index in [0.717, 1.165) is 42.1 Å². The summed E-state index contributed by atoms with van der Waals surface area (Å²) in [6, 6.07) is 2.64. The molecule has 10 heteroatoms. The first-order valence-electron chi connectivity index (χ1n) is 9.23. The maximum Gasteiger partial charge on any atom is 0.417 e. The first-order chi connectivity index (χ1) is 13.1. The van der Waals surface area contributed by atoms with Crippen LogP contribution in [0.1, 0.15) is 37.7 Å². The standard InChI is InChI=1S/C18H22ClF3N2O3S/c19-14-5-6-16(15(12-14)18(20,21)22)28(26,27)24-9-7-23(8-10-24)17(25)11-13-3-1-2-4-13/h5-6,12-13H,1-4,7-11H2. The number of hydrogen-bond donors (Lipinski definition) is 0. The lowest BCUT2D eigenvalue weighted by molar-refractivity contribution is -0.139. The Labute approximate surface area is 167 Å². The van der Waals surface area contributed by atoms with Gasteiger partial charge in [0.25, 0.3) is 0 Å². The molecule has 5 nitrogen and oxygen atoms in total. The van der Waals surface area contributed by atoms with Crippen molar-refractivity contribution in [2.24, 2.45) is 5.92 Å². The van der Waals surface area contributed by atoms with Crippen LogP contribution in [0, 0.1) is 5.92 Å². The SMILES string of the molecule is O=C(CC1CCCC1)N1CCN(S(=O)(=O)c2ccc(Cl)cc2C(F)(F)F)CC1. The first-order valence-corrected chi connectivity index (χ1v) is 11.1. The van der Waals surface area contributed by atoms with Gasteiger partial charge < -0.3 is 4.90 Å². The van der Waals surface area contributed by atoms with Crippen molar-refractivity contribution in [1.82, 2.24) is 9.21 Å². The monoisotopic (exact) mass is 438 g/mol. The zero-order chi connectivity index (χ0) is 20.5. The number of hydrogen-bond acceptors (Lipinski definition) is 3. The molecule has 1 amide bonds. The van der Waals surface area contributed by atoms with Gasteiger partial charge in [0.05, 0.1) is 10.5 Å². The van der Waals surface area contributed by atoms with Gasteiger partial charge in [0.1, 0.15) is 0 Å². The van der Waals surface area contributed by atoms with E-state index in [2.05, 4.69) is 0 Å². The number of benzene rings is 1. The normalized spacial score (nSPS) is 19.9. The molecule has 1 saturated carbocycles. The van der Waals surface area contributed by atoms with Crippen LogP contribution in [0.25, 0.3) is 0 Å². The average molecular weight is 439 g/mol. The zero-order valence-electron chi connectivity index (χ0n) is 15.2. The van der Waals surface area contributed by atoms with Crippen molar-refractivity contribution < 1.29 is 26.4 Å². The molecule has 0 bridgehead atoms. The molecule has 28 heavy (non-hydrogen) atoms. The third-order valence-electron chi connectivity index (χ3n) is 5.39. The largest absolute Gasteiger partial charge is 0.417 e. The molecular weight excluding hydrogens is 417 g/mol. The summed E-state index contributed by atoms with van der Waals surface area (Å²) >= 11 is 5.63. The molecule has 1 aromatic carbocycles. The molecule has 0 atom stereocenters. The second-order valence-electron chi connectivity index (χ2n) is 7.28. The van der Waals surface area contributed by atoms with Crippen LogP contribution in [-0.2, 0) is 21.0 Å². The van der Waals surface area contributed by atoms with E-state index in [0.29, 0.717) is 18.4 Å². The van der Waals surface area contributed by atoms with E-state index in [1.54, 1.807) is 4.90 Å². The van der Waals surface area contributed by atoms with E-state index in [1.165, 1.54) is 0 Å². The van der Waals surface area contributed by atoms with Gasteiger partial charge >= 0.3 is 6.18 Å². The molecule has 3 rings (SSSR count). The number of carbonyl (C=O) groups is 1. The topological polar surface area (TPSA) is 57.7 Å². The Morgan fingerprint density at radius 3 is 2.29 bits per heavy atom. The predicted molar refractivity (Wildman–Crippen MR) is 98.4 cm³/mol. The number of amides is 1. The van der Waals surface area contributed by atoms with Crippen molar-refractivity contribution in [2.75, 3.05) is 26.2 Å². The molecule has 1 aromatic rings. The highest BCUT2D eigenvalue weighted by molar-refractivity contribution is 7.89. The summed E-state index contributed by atoms with van der Waals surface area (Å²) in [4.78, 5) is 13.2. The minimum Gasteiger partial charge on any atom is -0.340 e. The van der Waals surface area contributed by atoms with Gasteiger partial charge in [-0.3, -0.25) is 4.79 Å². The minimum absolute atomic E-state index is 0.00794. The lowest BCUT2D eigenvalue weighted by Crippen LogP contribution is -2.50. The van der Waals surface area contributed by atoms with Crippen molar-refractivity contribution in [1.29, 1.82) is 0 Å². The van der Waals surface area contributed by atoms with Gasteiger partial charge in [0.15, 0.2) is 0 Å². The number of nitrogens with zero attached hydrogens (tertiary/aromatic N) is 2. The molecule has 156 valence electrons. The smallest absolute Gasteiger partial charge is 0.340 e. The molecule has 2 aliphatic rings. The highest BCUT2D eigenvalue weighted by atomic mass is 35.5. The molecule has 0 N–H and O–H groups in total. The third kappa shape index (κ3) is 4.63. The third-order valence-corrected chi connectivity index (χ3v) is 7.59. The Bertz CT molecular complexity index is 831. The maximum atomic E-state index is 13.3. The van der Waals surface area contributed by atoms with Gasteiger partial charge in [-0.05, 0) is 37.0 Å². The Morgan fingerprint density at radius 1 is 1.11 bits per heavy atom. The molecule has 2 fully saturated rings. The van der Waals surface area contributed by atoms with E-state index in [1.807, 2.05) is 0 Å². The maximum absolute atomic E-state index is 13.3. The highest BCUT2D eigenvalue weighted by Gasteiger charge is 2.40. The van der Waals surface area contributed by atoms with Gasteiger partial charge in [-0.1, -0.05) is 24.4 Å². The van der Waals surface area contributed by atoms with Crippen molar-refractivity contribution in [3.8, 4) is 0 Å². The predicted octanol–water partition coefficient (Wildman–Crippen LogP) is 3.77. The molecule has 1 heterocycles. The van der Waals surface area contributed by atoms with Crippen LogP contribution in [0.2, 0.25) is 5.02 Å². The molecule has 1 saturated heterocycles. The number of halogens is 4. The number of alkyl halides is 3. The summed E-state index contributed by atoms with van der Waals surface area (Å²) in [6.45, 7) is 0.302. The molecule has 0 spiro atoms. The summed E-state index contributed by atoms with van der Waals surface area (Å²) in [6.07, 6.45) is -0.0402. The summed E-state index contributed by atoms with van der Waals surface area (Å²) in [7, 11) is -4.35. The van der Waals surface area contributed by atoms with Gasteiger partial charge in [0.2, 0.25) is 15.9 Å². The Morgan fingerprint density at radius 2 is 1.71 bits per heavy atom. The van der Waals surface area contributed by atoms with Crippen LogP contribution in [0.5, 0.6) is 0 Å². The number of rotatable bonds is 4. The van der Waals surface area contributed by atoms with Crippen molar-refractivity contribution in [3.05, 3.63) is 28.8 Å². The fourth-order valence-electron chi connectivity index (χ4n) is 3.86. The Hall–Kier alpha value is -1.32. The summed E-state index contributed by atoms with van der Waals surface area (Å²) in [5.74, 6) is 0.379. The molecule has 1 aliphatic carbocycles. The fourth-order valence-corrected chi connectivity index (χ4v) is 5.64. The summed E-state index contributed by atoms with van der Waals surface area (Å²) in [5.41, 5.74) is -1.28. The van der Waals surface area contributed by atoms with Crippen molar-refractivity contribution in [2.45, 2.75) is 43.2 Å². The van der Waals surface area contributed by atoms with Crippen LogP contribution < -0.4 is 0 Å². The number of carbonyl (C=O) groups excluding carboxylic acids is 1. The van der Waals surface area contributed by atoms with Crippen LogP contribution in [0.4, 0.5) is 13.2 Å². The second kappa shape index (κ2) is 8.20. The Kier molecular flexibility index (Phi) is 6.26. The quantitative estimate of drug-likeness (QED) is 0.719. The van der Waals surface area contributed by atoms with E-state index in [4.69, 9.17) is 11.6 Å². The molecule has 0 aromatic heterocycles. The minimum atomic E-state index is -4.84. The average Bonchev–Trinajstić information content (AvgIpc) is 3.14. The fraction of sp³-hybridized carbons (Fsp3) is 0.611. The van der Waals surface area contributed by atoms with Crippen LogP contribution in [0.15, 0.2) is 23.1 Å². The molecule has 1 aliphatic heterocycles. The molecular formula is C18H22ClF3N2O3S. The second-order valence-corrected chi connectivity index (χ2v) is 9.62. The highest BCUT2D eigenvalue weighted by Crippen LogP contribution is 2.37. The van der Waals surface area contributed by atoms with E-state index in [-0.39, 0.29) is 37.1 Å². The molecule has 0 unspecified atom stereocenters. The summed E-state index contributed by atoms with van der Waals surface area (Å²) < 4.78 is 66.5. The zero-order valence-corrected chi connectivity index (χ0v) is 16.8. The molecule has 0 radical (unpaired) electrons. The first kappa shape index (κ1) is 21.4. The number of piperazine rings is 1. The van der Waals surface area contributed by atoms with Crippen molar-refractivity contribution >= 4 is 27.5 Å². The number of sulfonamides is 1. The van der Waals surface area contributed by atoms with E-state index >= 15 is 0 Å². The summed E-state index contributed by atoms with van der Waals surface area (Å²) in [5, 5.41) is -0.186. The van der Waals surface area contributed by atoms with E-state index < -0.39 is 26.7 Å². The van der Waals surface area contributed by atoms with Crippen molar-refractivity contribution in [3.63, 3.8) is 0 Å². The lowest BCUT2D eigenvalue weighted by Gasteiger charge is -2.35. The Balaban J connectivity index is 1.71. The lowest BCUT2D eigenvalue weighted by atomic mass is 10.0. The van der Waals surface area contributed by atoms with Gasteiger partial charge in [-0.2, -0.15) is 17.5 Å². The van der Waals surface area contributed by atoms with Crippen LogP contribution >= 0.6 is 11.6 Å². The van der Waals surface area contributed by atoms with Crippen LogP contribution in [0.3, 0.4) is 0 Å². The van der Waals surface area contributed by atoms with Gasteiger partial charge in [-0.15, -0.1) is 0 Å². The van der Waals surface area contributed by atoms with Gasteiger partial charge in [0, 0.05) is 37.6 Å². The van der Waals surface area contributed by atoms with Crippen LogP contribution in [-0.4, -0.2) is 49.7 Å². The van der Waals surface area contributed by atoms with E-state index in [9.17, 15) is 26.4 Å². The van der Waals surface area contributed by atoms with Gasteiger partial charge in [-0.25, -0.2) is 8.42 Å².